The molecule has 0 amide bonds. The van der Waals surface area contributed by atoms with Gasteiger partial charge in [-0.15, -0.1) is 0 Å². The number of likely N-dealkylation sites (tertiary alicyclic amines) is 1. The van der Waals surface area contributed by atoms with E-state index in [-0.39, 0.29) is 5.41 Å². The van der Waals surface area contributed by atoms with E-state index in [4.69, 9.17) is 10.8 Å². The van der Waals surface area contributed by atoms with Crippen molar-refractivity contribution in [3.8, 4) is 0 Å². The van der Waals surface area contributed by atoms with E-state index >= 15 is 0 Å². The lowest BCUT2D eigenvalue weighted by atomic mass is 9.89. The Morgan fingerprint density at radius 2 is 2.19 bits per heavy atom. The fourth-order valence-electron chi connectivity index (χ4n) is 2.39. The van der Waals surface area contributed by atoms with Crippen LogP contribution in [0.1, 0.15) is 46.0 Å². The van der Waals surface area contributed by atoms with Gasteiger partial charge >= 0.3 is 0 Å². The van der Waals surface area contributed by atoms with E-state index in [1.807, 2.05) is 0 Å². The van der Waals surface area contributed by atoms with Crippen LogP contribution in [-0.4, -0.2) is 42.3 Å². The fourth-order valence-corrected chi connectivity index (χ4v) is 2.39. The summed E-state index contributed by atoms with van der Waals surface area (Å²) in [5.41, 5.74) is 6.02. The fraction of sp³-hybridized carbons (Fsp3) is 1.00. The molecule has 1 heterocycles. The number of nitrogens with two attached hydrogens (primary N) is 1. The van der Waals surface area contributed by atoms with Gasteiger partial charge in [-0.2, -0.15) is 0 Å². The van der Waals surface area contributed by atoms with Crippen LogP contribution >= 0.6 is 0 Å². The van der Waals surface area contributed by atoms with Crippen LogP contribution in [0, 0.1) is 5.41 Å². The van der Waals surface area contributed by atoms with E-state index < -0.39 is 0 Å². The molecular weight excluding hydrogens is 200 g/mol. The maximum Gasteiger partial charge on any atom is 0.0431 e. The molecule has 3 nitrogen and oxygen atoms in total. The van der Waals surface area contributed by atoms with Crippen molar-refractivity contribution in [1.29, 1.82) is 0 Å². The quantitative estimate of drug-likeness (QED) is 0.696. The number of rotatable bonds is 7. The second-order valence-electron chi connectivity index (χ2n) is 5.82. The zero-order chi connectivity index (χ0) is 12.0. The van der Waals surface area contributed by atoms with Crippen molar-refractivity contribution in [2.45, 2.75) is 52.0 Å². The predicted octanol–water partition coefficient (Wildman–Crippen LogP) is 1.60. The number of nitrogens with zero attached hydrogens (tertiary/aromatic N) is 1. The molecule has 16 heavy (non-hydrogen) atoms. The van der Waals surface area contributed by atoms with E-state index in [1.54, 1.807) is 0 Å². The van der Waals surface area contributed by atoms with Gasteiger partial charge in [0.1, 0.15) is 0 Å². The van der Waals surface area contributed by atoms with Crippen LogP contribution in [0.4, 0.5) is 0 Å². The summed E-state index contributed by atoms with van der Waals surface area (Å²) in [6.45, 7) is 7.98. The molecule has 96 valence electrons. The molecule has 0 saturated carbocycles. The van der Waals surface area contributed by atoms with Crippen LogP contribution in [-0.2, 0) is 0 Å². The van der Waals surface area contributed by atoms with Crippen LogP contribution < -0.4 is 5.73 Å². The smallest absolute Gasteiger partial charge is 0.0431 e. The van der Waals surface area contributed by atoms with E-state index in [0.717, 1.165) is 19.4 Å². The molecule has 1 aliphatic heterocycles. The summed E-state index contributed by atoms with van der Waals surface area (Å²) in [7, 11) is 0. The van der Waals surface area contributed by atoms with Crippen molar-refractivity contribution in [3.05, 3.63) is 0 Å². The van der Waals surface area contributed by atoms with Gasteiger partial charge in [-0.25, -0.2) is 0 Å². The molecule has 1 rings (SSSR count). The summed E-state index contributed by atoms with van der Waals surface area (Å²) < 4.78 is 0. The van der Waals surface area contributed by atoms with E-state index in [0.29, 0.717) is 12.6 Å². The van der Waals surface area contributed by atoms with Crippen LogP contribution in [0.3, 0.4) is 0 Å². The summed E-state index contributed by atoms with van der Waals surface area (Å²) in [5.74, 6) is 0. The van der Waals surface area contributed by atoms with Gasteiger partial charge in [-0.3, -0.25) is 0 Å². The lowest BCUT2D eigenvalue weighted by Crippen LogP contribution is -2.35. The molecule has 3 heteroatoms. The highest BCUT2D eigenvalue weighted by Gasteiger charge is 2.25. The average Bonchev–Trinajstić information content (AvgIpc) is 2.71. The molecule has 0 spiro atoms. The minimum atomic E-state index is 0.268. The summed E-state index contributed by atoms with van der Waals surface area (Å²) in [6.07, 6.45) is 5.91. The lowest BCUT2D eigenvalue weighted by molar-refractivity contribution is 0.188. The average molecular weight is 228 g/mol. The van der Waals surface area contributed by atoms with Crippen molar-refractivity contribution in [1.82, 2.24) is 4.90 Å². The number of aliphatic hydroxyl groups excluding tert-OH is 1. The minimum Gasteiger partial charge on any atom is -0.396 e. The van der Waals surface area contributed by atoms with Gasteiger partial charge in [0.05, 0.1) is 0 Å². The normalized spacial score (nSPS) is 22.9. The Kier molecular flexibility index (Phi) is 5.73. The Labute approximate surface area is 100 Å². The van der Waals surface area contributed by atoms with Gasteiger partial charge < -0.3 is 15.7 Å². The Hall–Kier alpha value is -0.120. The zero-order valence-electron chi connectivity index (χ0n) is 10.9. The standard InChI is InChI=1S/C13H28N2O/c1-13(2,11-14)7-9-15-8-3-5-12(15)6-4-10-16/h12,16H,3-11,14H2,1-2H3. The van der Waals surface area contributed by atoms with Gasteiger partial charge in [0, 0.05) is 12.6 Å². The van der Waals surface area contributed by atoms with Crippen molar-refractivity contribution >= 4 is 0 Å². The third-order valence-corrected chi connectivity index (χ3v) is 3.82. The predicted molar refractivity (Wildman–Crippen MR) is 68.4 cm³/mol. The van der Waals surface area contributed by atoms with Crippen molar-refractivity contribution < 1.29 is 5.11 Å². The number of aliphatic hydroxyl groups is 1. The van der Waals surface area contributed by atoms with Crippen LogP contribution in [0.5, 0.6) is 0 Å². The van der Waals surface area contributed by atoms with Crippen LogP contribution in [0.25, 0.3) is 0 Å². The summed E-state index contributed by atoms with van der Waals surface area (Å²) >= 11 is 0. The highest BCUT2D eigenvalue weighted by molar-refractivity contribution is 4.81. The molecule has 0 aliphatic carbocycles. The molecule has 1 saturated heterocycles. The molecule has 1 fully saturated rings. The molecule has 0 aromatic rings. The highest BCUT2D eigenvalue weighted by Crippen LogP contribution is 2.25. The van der Waals surface area contributed by atoms with E-state index in [2.05, 4.69) is 18.7 Å². The monoisotopic (exact) mass is 228 g/mol. The van der Waals surface area contributed by atoms with Gasteiger partial charge in [0.25, 0.3) is 0 Å². The van der Waals surface area contributed by atoms with E-state index in [1.165, 1.54) is 32.4 Å². The lowest BCUT2D eigenvalue weighted by Gasteiger charge is -2.29. The van der Waals surface area contributed by atoms with E-state index in [9.17, 15) is 0 Å². The van der Waals surface area contributed by atoms with Crippen LogP contribution in [0.15, 0.2) is 0 Å². The molecule has 0 radical (unpaired) electrons. The summed E-state index contributed by atoms with van der Waals surface area (Å²) in [6, 6.07) is 0.709. The Morgan fingerprint density at radius 1 is 1.44 bits per heavy atom. The highest BCUT2D eigenvalue weighted by atomic mass is 16.2. The first kappa shape index (κ1) is 13.9. The second-order valence-corrected chi connectivity index (χ2v) is 5.82. The van der Waals surface area contributed by atoms with Crippen molar-refractivity contribution in [3.63, 3.8) is 0 Å². The molecule has 3 N–H and O–H groups in total. The van der Waals surface area contributed by atoms with Crippen LogP contribution in [0.2, 0.25) is 0 Å². The van der Waals surface area contributed by atoms with Gasteiger partial charge in [0.15, 0.2) is 0 Å². The van der Waals surface area contributed by atoms with Gasteiger partial charge in [-0.05, 0) is 57.2 Å². The topological polar surface area (TPSA) is 49.5 Å². The molecule has 1 atom stereocenters. The molecule has 1 aliphatic rings. The molecule has 0 aromatic carbocycles. The van der Waals surface area contributed by atoms with Gasteiger partial charge in [-0.1, -0.05) is 13.8 Å². The van der Waals surface area contributed by atoms with Gasteiger partial charge in [0.2, 0.25) is 0 Å². The molecular formula is C13H28N2O. The third-order valence-electron chi connectivity index (χ3n) is 3.82. The Bertz CT molecular complexity index is 194. The molecule has 1 unspecified atom stereocenters. The second kappa shape index (κ2) is 6.58. The molecule has 0 bridgehead atoms. The van der Waals surface area contributed by atoms with Crippen molar-refractivity contribution in [2.75, 3.05) is 26.2 Å². The Balaban J connectivity index is 2.29. The summed E-state index contributed by atoms with van der Waals surface area (Å²) in [4.78, 5) is 2.59. The largest absolute Gasteiger partial charge is 0.396 e. The SMILES string of the molecule is CC(C)(CN)CCN1CCCC1CCCO. The Morgan fingerprint density at radius 3 is 2.81 bits per heavy atom. The first-order valence-corrected chi connectivity index (χ1v) is 6.64. The first-order valence-electron chi connectivity index (χ1n) is 6.64. The maximum absolute atomic E-state index is 8.88. The first-order chi connectivity index (χ1) is 7.59. The maximum atomic E-state index is 8.88. The number of hydrogen-bond acceptors (Lipinski definition) is 3. The zero-order valence-corrected chi connectivity index (χ0v) is 10.9. The summed E-state index contributed by atoms with van der Waals surface area (Å²) in [5, 5.41) is 8.88. The minimum absolute atomic E-state index is 0.268. The van der Waals surface area contributed by atoms with Crippen molar-refractivity contribution in [2.24, 2.45) is 11.1 Å². The number of hydrogen-bond donors (Lipinski definition) is 2. The third kappa shape index (κ3) is 4.40. The molecule has 0 aromatic heterocycles.